The Morgan fingerprint density at radius 1 is 1.12 bits per heavy atom. The molecule has 1 aromatic rings. The van der Waals surface area contributed by atoms with Gasteiger partial charge < -0.3 is 35.5 Å². The lowest BCUT2D eigenvalue weighted by molar-refractivity contribution is -0.185. The molecule has 0 spiro atoms. The quantitative estimate of drug-likeness (QED) is 0.323. The molecule has 2 unspecified atom stereocenters. The number of fused-ring (bicyclic) bond motifs is 3. The SMILES string of the molecule is CN(C)CCCc1ccc(O)c2c1C[C@@H]1C[C@@H]3[C@@H](N(C)C)C(O)C(C(=O)NC(C)(C)C)C(=O)[C@]3(O)C(=O)C1=C2O. The molecule has 6 atom stereocenters. The van der Waals surface area contributed by atoms with E-state index in [9.17, 15) is 34.8 Å². The van der Waals surface area contributed by atoms with Gasteiger partial charge in [-0.05, 0) is 104 Å². The van der Waals surface area contributed by atoms with E-state index in [2.05, 4.69) is 10.2 Å². The van der Waals surface area contributed by atoms with Gasteiger partial charge in [0, 0.05) is 23.1 Å². The number of ketones is 2. The maximum Gasteiger partial charge on any atom is 0.233 e. The monoisotopic (exact) mass is 557 g/mol. The number of hydrogen-bond donors (Lipinski definition) is 5. The fourth-order valence-corrected chi connectivity index (χ4v) is 6.91. The number of phenols is 1. The molecule has 0 saturated heterocycles. The zero-order valence-corrected chi connectivity index (χ0v) is 24.5. The highest BCUT2D eigenvalue weighted by Gasteiger charge is 2.67. The topological polar surface area (TPSA) is 151 Å². The third-order valence-electron chi connectivity index (χ3n) is 8.59. The number of aliphatic hydroxyl groups is 3. The number of carbonyl (C=O) groups is 3. The van der Waals surface area contributed by atoms with Crippen LogP contribution in [0.25, 0.3) is 5.76 Å². The molecule has 10 nitrogen and oxygen atoms in total. The van der Waals surface area contributed by atoms with Crippen molar-refractivity contribution in [3.63, 3.8) is 0 Å². The first-order chi connectivity index (χ1) is 18.5. The highest BCUT2D eigenvalue weighted by molar-refractivity contribution is 6.25. The maximum atomic E-state index is 14.1. The molecule has 5 N–H and O–H groups in total. The van der Waals surface area contributed by atoms with Crippen LogP contribution in [-0.2, 0) is 27.2 Å². The average Bonchev–Trinajstić information content (AvgIpc) is 2.81. The highest BCUT2D eigenvalue weighted by Crippen LogP contribution is 2.52. The lowest BCUT2D eigenvalue weighted by Gasteiger charge is -2.54. The van der Waals surface area contributed by atoms with Gasteiger partial charge in [-0.15, -0.1) is 0 Å². The predicted octanol–water partition coefficient (Wildman–Crippen LogP) is 1.05. The first kappa shape index (κ1) is 30.2. The predicted molar refractivity (Wildman–Crippen MR) is 150 cm³/mol. The van der Waals surface area contributed by atoms with Crippen molar-refractivity contribution < 1.29 is 34.8 Å². The molecule has 4 rings (SSSR count). The Hall–Kier alpha value is -2.79. The summed E-state index contributed by atoms with van der Waals surface area (Å²) in [5.74, 6) is -6.65. The van der Waals surface area contributed by atoms with E-state index < -0.39 is 64.3 Å². The van der Waals surface area contributed by atoms with Crippen LogP contribution in [0.1, 0.15) is 50.3 Å². The van der Waals surface area contributed by atoms with Gasteiger partial charge in [-0.1, -0.05) is 6.07 Å². The Labute approximate surface area is 235 Å². The number of likely N-dealkylation sites (N-methyl/N-ethyl adjacent to an activating group) is 1. The molecule has 0 heterocycles. The molecule has 0 aliphatic heterocycles. The summed E-state index contributed by atoms with van der Waals surface area (Å²) < 4.78 is 0. The van der Waals surface area contributed by atoms with E-state index in [1.165, 1.54) is 6.07 Å². The first-order valence-corrected chi connectivity index (χ1v) is 13.9. The number of carbonyl (C=O) groups excluding carboxylic acids is 3. The van der Waals surface area contributed by atoms with E-state index in [0.29, 0.717) is 12.8 Å². The minimum atomic E-state index is -2.62. The van der Waals surface area contributed by atoms with Gasteiger partial charge in [0.25, 0.3) is 0 Å². The summed E-state index contributed by atoms with van der Waals surface area (Å²) in [6, 6.07) is 2.44. The lowest BCUT2D eigenvalue weighted by Crippen LogP contribution is -2.74. The summed E-state index contributed by atoms with van der Waals surface area (Å²) >= 11 is 0. The Morgan fingerprint density at radius 2 is 1.77 bits per heavy atom. The normalized spacial score (nSPS) is 30.3. The van der Waals surface area contributed by atoms with Crippen LogP contribution in [0.15, 0.2) is 17.7 Å². The highest BCUT2D eigenvalue weighted by atomic mass is 16.3. The second-order valence-electron chi connectivity index (χ2n) is 13.1. The number of hydrogen-bond acceptors (Lipinski definition) is 9. The van der Waals surface area contributed by atoms with Gasteiger partial charge in [-0.25, -0.2) is 0 Å². The number of aromatic hydroxyl groups is 1. The van der Waals surface area contributed by atoms with E-state index in [4.69, 9.17) is 0 Å². The molecule has 1 aromatic carbocycles. The van der Waals surface area contributed by atoms with Gasteiger partial charge in [0.2, 0.25) is 11.7 Å². The van der Waals surface area contributed by atoms with E-state index in [0.717, 1.165) is 24.1 Å². The number of nitrogens with zero attached hydrogens (tertiary/aromatic N) is 2. The number of phenolic OH excluding ortho intramolecular Hbond substituents is 1. The molecule has 0 bridgehead atoms. The molecule has 3 aliphatic rings. The van der Waals surface area contributed by atoms with Crippen molar-refractivity contribution in [3.8, 4) is 5.75 Å². The van der Waals surface area contributed by atoms with E-state index in [1.54, 1.807) is 39.8 Å². The molecule has 10 heteroatoms. The van der Waals surface area contributed by atoms with Crippen molar-refractivity contribution in [1.29, 1.82) is 0 Å². The molecule has 40 heavy (non-hydrogen) atoms. The van der Waals surface area contributed by atoms with Gasteiger partial charge in [0.05, 0.1) is 11.7 Å². The van der Waals surface area contributed by atoms with Gasteiger partial charge in [-0.2, -0.15) is 0 Å². The number of amides is 1. The van der Waals surface area contributed by atoms with Gasteiger partial charge in [0.1, 0.15) is 17.4 Å². The summed E-state index contributed by atoms with van der Waals surface area (Å²) in [5.41, 5.74) is -1.60. The van der Waals surface area contributed by atoms with Crippen LogP contribution in [0.2, 0.25) is 0 Å². The second kappa shape index (κ2) is 10.6. The molecule has 0 aromatic heterocycles. The minimum absolute atomic E-state index is 0.107. The average molecular weight is 558 g/mol. The zero-order valence-electron chi connectivity index (χ0n) is 24.5. The van der Waals surface area contributed by atoms with Crippen LogP contribution in [0.4, 0.5) is 0 Å². The van der Waals surface area contributed by atoms with Gasteiger partial charge in [-0.3, -0.25) is 14.4 Å². The number of Topliss-reactive ketones (excluding diaryl/α,β-unsaturated/α-hetero) is 2. The Morgan fingerprint density at radius 3 is 2.35 bits per heavy atom. The summed E-state index contributed by atoms with van der Waals surface area (Å²) in [5, 5.41) is 48.2. The van der Waals surface area contributed by atoms with Crippen LogP contribution in [-0.4, -0.2) is 106 Å². The van der Waals surface area contributed by atoms with E-state index in [1.807, 2.05) is 20.2 Å². The van der Waals surface area contributed by atoms with Gasteiger partial charge in [0.15, 0.2) is 11.4 Å². The van der Waals surface area contributed by atoms with Crippen LogP contribution in [0.5, 0.6) is 5.75 Å². The summed E-state index contributed by atoms with van der Waals surface area (Å²) in [6.45, 7) is 6.04. The molecular weight excluding hydrogens is 514 g/mol. The van der Waals surface area contributed by atoms with Crippen molar-refractivity contribution in [2.24, 2.45) is 17.8 Å². The Bertz CT molecular complexity index is 1250. The standard InChI is InChI=1S/C30H43N3O7/c1-29(2,3)31-28(39)22-25(36)23(33(6)7)18-14-16-13-17-15(9-8-12-32(4)5)10-11-19(34)21(17)24(35)20(16)26(37)30(18,40)27(22)38/h10-11,16,18,22-23,25,34-36,40H,8-9,12-14H2,1-7H3,(H,31,39)/t16-,18-,22?,23-,25?,30-/m1/s1. The number of aliphatic hydroxyl groups excluding tert-OH is 2. The Kier molecular flexibility index (Phi) is 7.96. The van der Waals surface area contributed by atoms with Crippen molar-refractivity contribution in [1.82, 2.24) is 15.1 Å². The zero-order chi connectivity index (χ0) is 29.9. The molecule has 0 radical (unpaired) electrons. The molecular formula is C30H43N3O7. The van der Waals surface area contributed by atoms with Crippen LogP contribution < -0.4 is 5.32 Å². The number of rotatable bonds is 6. The molecule has 220 valence electrons. The number of benzene rings is 1. The van der Waals surface area contributed by atoms with Crippen molar-refractivity contribution in [3.05, 3.63) is 34.4 Å². The largest absolute Gasteiger partial charge is 0.507 e. The van der Waals surface area contributed by atoms with E-state index in [-0.39, 0.29) is 23.3 Å². The third-order valence-corrected chi connectivity index (χ3v) is 8.59. The first-order valence-electron chi connectivity index (χ1n) is 13.9. The van der Waals surface area contributed by atoms with Crippen LogP contribution in [0.3, 0.4) is 0 Å². The third kappa shape index (κ3) is 4.95. The molecule has 2 saturated carbocycles. The molecule has 3 aliphatic carbocycles. The van der Waals surface area contributed by atoms with Crippen molar-refractivity contribution in [2.75, 3.05) is 34.7 Å². The molecule has 2 fully saturated rings. The summed E-state index contributed by atoms with van der Waals surface area (Å²) in [7, 11) is 7.32. The van der Waals surface area contributed by atoms with Crippen LogP contribution in [0, 0.1) is 17.8 Å². The lowest BCUT2D eigenvalue weighted by atomic mass is 9.54. The second-order valence-corrected chi connectivity index (χ2v) is 13.1. The fourth-order valence-electron chi connectivity index (χ4n) is 6.91. The van der Waals surface area contributed by atoms with Crippen LogP contribution >= 0.6 is 0 Å². The number of nitrogens with one attached hydrogen (secondary N) is 1. The number of aryl methyl sites for hydroxylation is 1. The summed E-state index contributed by atoms with van der Waals surface area (Å²) in [4.78, 5) is 44.9. The minimum Gasteiger partial charge on any atom is -0.507 e. The van der Waals surface area contributed by atoms with E-state index >= 15 is 0 Å². The smallest absolute Gasteiger partial charge is 0.233 e. The van der Waals surface area contributed by atoms with Crippen molar-refractivity contribution in [2.45, 2.75) is 69.7 Å². The maximum absolute atomic E-state index is 14.1. The Balaban J connectivity index is 1.82. The molecule has 1 amide bonds. The fraction of sp³-hybridized carbons (Fsp3) is 0.633. The van der Waals surface area contributed by atoms with Gasteiger partial charge >= 0.3 is 0 Å². The van der Waals surface area contributed by atoms with Crippen molar-refractivity contribution >= 4 is 23.2 Å². The summed E-state index contributed by atoms with van der Waals surface area (Å²) in [6.07, 6.45) is 0.571.